The topological polar surface area (TPSA) is 387 Å². The zero-order chi connectivity index (χ0) is 41.3. The molecule has 24 heteroatoms. The molecule has 56 heavy (non-hydrogen) atoms. The van der Waals surface area contributed by atoms with Gasteiger partial charge in [-0.1, -0.05) is 13.8 Å². The van der Waals surface area contributed by atoms with Crippen molar-refractivity contribution in [2.75, 3.05) is 33.0 Å². The molecule has 0 saturated carbocycles. The summed E-state index contributed by atoms with van der Waals surface area (Å²) >= 11 is 0. The summed E-state index contributed by atoms with van der Waals surface area (Å²) in [6.45, 7) is -0.113. The third kappa shape index (κ3) is 9.64. The highest BCUT2D eigenvalue weighted by Crippen LogP contribution is 2.33. The highest BCUT2D eigenvalue weighted by Gasteiger charge is 2.52. The van der Waals surface area contributed by atoms with E-state index in [-0.39, 0.29) is 0 Å². The van der Waals surface area contributed by atoms with Gasteiger partial charge in [0, 0.05) is 11.8 Å². The van der Waals surface area contributed by atoms with Crippen molar-refractivity contribution in [2.45, 2.75) is 155 Å². The molecule has 0 aromatic carbocycles. The zero-order valence-corrected chi connectivity index (χ0v) is 30.4. The normalized spacial score (nSPS) is 53.2. The monoisotopic (exact) mass is 824 g/mol. The SMILES string of the molecule is C[C@@H]1[C@@H](O)[C@@H](OC[C@H]2O[C@H](OC[C@H]3O[C@H](OC[C@H]4O[C@H](O[C@H]5[C@H](O)[C@@H](O)[C@@H](O)O[C@@H]5CO)[C@H](O)[C@@H](O)[C@@H]4C)[C@H](O)[C@@H](O)[C@@H]3O)[C@H](O)[C@@H](O)[C@@H]2O)O[C@H](CO)[C@H]1O. The van der Waals surface area contributed by atoms with Crippen LogP contribution in [0.5, 0.6) is 0 Å². The van der Waals surface area contributed by atoms with Gasteiger partial charge in [0.05, 0.1) is 51.3 Å². The van der Waals surface area contributed by atoms with Gasteiger partial charge >= 0.3 is 0 Å². The Morgan fingerprint density at radius 3 is 1.29 bits per heavy atom. The van der Waals surface area contributed by atoms with Crippen molar-refractivity contribution in [1.82, 2.24) is 0 Å². The van der Waals surface area contributed by atoms with Gasteiger partial charge in [0.25, 0.3) is 0 Å². The minimum atomic E-state index is -1.89. The highest BCUT2D eigenvalue weighted by atomic mass is 16.8. The molecule has 0 unspecified atom stereocenters. The van der Waals surface area contributed by atoms with Crippen LogP contribution in [-0.2, 0) is 42.6 Å². The summed E-state index contributed by atoms with van der Waals surface area (Å²) < 4.78 is 49.9. The van der Waals surface area contributed by atoms with Crippen molar-refractivity contribution >= 4 is 0 Å². The van der Waals surface area contributed by atoms with Crippen LogP contribution in [0.3, 0.4) is 0 Å². The third-order valence-corrected chi connectivity index (χ3v) is 11.0. The van der Waals surface area contributed by atoms with Crippen LogP contribution in [0.4, 0.5) is 0 Å². The Bertz CT molecular complexity index is 1200. The minimum absolute atomic E-state index is 0.510. The van der Waals surface area contributed by atoms with Gasteiger partial charge in [-0.3, -0.25) is 0 Å². The van der Waals surface area contributed by atoms with Crippen molar-refractivity contribution < 1.29 is 119 Å². The van der Waals surface area contributed by atoms with E-state index in [2.05, 4.69) is 0 Å². The molecule has 0 amide bonds. The quantitative estimate of drug-likeness (QED) is 0.0820. The first-order chi connectivity index (χ1) is 26.4. The van der Waals surface area contributed by atoms with E-state index in [1.807, 2.05) is 0 Å². The highest BCUT2D eigenvalue weighted by molar-refractivity contribution is 4.95. The Hall–Kier alpha value is -0.960. The van der Waals surface area contributed by atoms with Gasteiger partial charge in [-0.05, 0) is 0 Å². The Balaban J connectivity index is 1.17. The minimum Gasteiger partial charge on any atom is -0.394 e. The number of rotatable bonds is 13. The van der Waals surface area contributed by atoms with E-state index in [1.165, 1.54) is 13.8 Å². The zero-order valence-electron chi connectivity index (χ0n) is 30.4. The van der Waals surface area contributed by atoms with Gasteiger partial charge in [-0.25, -0.2) is 0 Å². The second-order valence-electron chi connectivity index (χ2n) is 14.8. The maximum absolute atomic E-state index is 10.8. The lowest BCUT2D eigenvalue weighted by Gasteiger charge is -2.46. The van der Waals surface area contributed by atoms with Crippen LogP contribution >= 0.6 is 0 Å². The maximum atomic E-state index is 10.8. The summed E-state index contributed by atoms with van der Waals surface area (Å²) in [5.74, 6) is -1.65. The van der Waals surface area contributed by atoms with Crippen molar-refractivity contribution in [3.8, 4) is 0 Å². The van der Waals surface area contributed by atoms with Crippen LogP contribution in [0.15, 0.2) is 0 Å². The van der Waals surface area contributed by atoms with Crippen molar-refractivity contribution in [3.05, 3.63) is 0 Å². The molecule has 5 heterocycles. The molecular formula is C32H56O24. The second-order valence-corrected chi connectivity index (χ2v) is 14.8. The molecule has 5 aliphatic rings. The van der Waals surface area contributed by atoms with Crippen LogP contribution in [0.25, 0.3) is 0 Å². The molecule has 0 radical (unpaired) electrons. The molecule has 5 fully saturated rings. The summed E-state index contributed by atoms with van der Waals surface area (Å²) in [4.78, 5) is 0. The Morgan fingerprint density at radius 1 is 0.357 bits per heavy atom. The van der Waals surface area contributed by atoms with Crippen molar-refractivity contribution in [2.24, 2.45) is 11.8 Å². The van der Waals surface area contributed by atoms with E-state index in [9.17, 15) is 76.6 Å². The van der Waals surface area contributed by atoms with Crippen LogP contribution in [0, 0.1) is 11.8 Å². The lowest BCUT2D eigenvalue weighted by atomic mass is 9.90. The predicted octanol–water partition coefficient (Wildman–Crippen LogP) is -9.37. The Labute approximate surface area is 319 Å². The Kier molecular flexibility index (Phi) is 16.2. The number of ether oxygens (including phenoxy) is 9. The molecule has 0 spiro atoms. The molecule has 15 N–H and O–H groups in total. The average molecular weight is 825 g/mol. The second kappa shape index (κ2) is 19.6. The molecule has 25 atom stereocenters. The first kappa shape index (κ1) is 46.1. The molecule has 0 aromatic rings. The summed E-state index contributed by atoms with van der Waals surface area (Å²) in [5, 5.41) is 155. The fourth-order valence-electron chi connectivity index (χ4n) is 7.13. The molecule has 0 bridgehead atoms. The van der Waals surface area contributed by atoms with Gasteiger partial charge in [0.1, 0.15) is 91.6 Å². The van der Waals surface area contributed by atoms with E-state index < -0.39 is 186 Å². The fourth-order valence-corrected chi connectivity index (χ4v) is 7.13. The number of hydrogen-bond acceptors (Lipinski definition) is 24. The summed E-state index contributed by atoms with van der Waals surface area (Å²) in [5.41, 5.74) is 0. The van der Waals surface area contributed by atoms with Crippen LogP contribution in [0.1, 0.15) is 13.8 Å². The van der Waals surface area contributed by atoms with Crippen molar-refractivity contribution in [3.63, 3.8) is 0 Å². The molecule has 0 aliphatic carbocycles. The summed E-state index contributed by atoms with van der Waals surface area (Å²) in [6.07, 6.45) is -36.9. The van der Waals surface area contributed by atoms with Gasteiger partial charge in [-0.2, -0.15) is 0 Å². The fraction of sp³-hybridized carbons (Fsp3) is 1.00. The largest absolute Gasteiger partial charge is 0.394 e. The number of aliphatic hydroxyl groups excluding tert-OH is 15. The first-order valence-electron chi connectivity index (χ1n) is 18.3. The third-order valence-electron chi connectivity index (χ3n) is 11.0. The van der Waals surface area contributed by atoms with E-state index in [0.717, 1.165) is 0 Å². The molecule has 5 saturated heterocycles. The standard InChI is InChI=1S/C32H56O24/c1-8-12(53-32(24(44)16(8)36)56-27-11(4-34)51-28(47)23(43)22(27)42)5-48-30-25(45)20(40)19(39)14(54-30)7-50-31-26(46)21(41)18(38)13(55-31)6-49-29-17(37)9(2)15(35)10(3-33)52-29/h8-47H,3-7H2,1-2H3/t8-,9+,10-,11-,12-,13-,14-,15+,16+,17-,18-,19-,20+,21+,22-,23-,24-,25-,26-,27-,28+,29+,30+,31+,32-/m1/s1. The molecule has 328 valence electrons. The molecule has 24 nitrogen and oxygen atoms in total. The average Bonchev–Trinajstić information content (AvgIpc) is 3.18. The van der Waals surface area contributed by atoms with E-state index in [1.54, 1.807) is 0 Å². The van der Waals surface area contributed by atoms with Gasteiger partial charge in [0.15, 0.2) is 31.5 Å². The predicted molar refractivity (Wildman–Crippen MR) is 173 cm³/mol. The lowest BCUT2D eigenvalue weighted by molar-refractivity contribution is -0.359. The van der Waals surface area contributed by atoms with Crippen LogP contribution in [0.2, 0.25) is 0 Å². The van der Waals surface area contributed by atoms with Crippen molar-refractivity contribution in [1.29, 1.82) is 0 Å². The summed E-state index contributed by atoms with van der Waals surface area (Å²) in [6, 6.07) is 0. The molecule has 5 aliphatic heterocycles. The number of aliphatic hydroxyl groups is 15. The van der Waals surface area contributed by atoms with Crippen LogP contribution in [-0.4, -0.2) is 251 Å². The summed E-state index contributed by atoms with van der Waals surface area (Å²) in [7, 11) is 0. The van der Waals surface area contributed by atoms with Crippen LogP contribution < -0.4 is 0 Å². The Morgan fingerprint density at radius 2 is 0.786 bits per heavy atom. The smallest absolute Gasteiger partial charge is 0.187 e. The number of hydrogen-bond donors (Lipinski definition) is 15. The van der Waals surface area contributed by atoms with E-state index in [0.29, 0.717) is 0 Å². The molecule has 0 aromatic heterocycles. The van der Waals surface area contributed by atoms with Gasteiger partial charge < -0.3 is 119 Å². The van der Waals surface area contributed by atoms with E-state index in [4.69, 9.17) is 42.6 Å². The first-order valence-corrected chi connectivity index (χ1v) is 18.3. The van der Waals surface area contributed by atoms with Gasteiger partial charge in [-0.15, -0.1) is 0 Å². The maximum Gasteiger partial charge on any atom is 0.187 e. The molecule has 5 rings (SSSR count). The van der Waals surface area contributed by atoms with E-state index >= 15 is 0 Å². The molecular weight excluding hydrogens is 768 g/mol. The lowest BCUT2D eigenvalue weighted by Crippen LogP contribution is -2.63. The van der Waals surface area contributed by atoms with Gasteiger partial charge in [0.2, 0.25) is 0 Å².